The summed E-state index contributed by atoms with van der Waals surface area (Å²) in [6, 6.07) is 5.78. The van der Waals surface area contributed by atoms with Gasteiger partial charge in [0.25, 0.3) is 0 Å². The molecule has 1 aromatic carbocycles. The summed E-state index contributed by atoms with van der Waals surface area (Å²) in [5.74, 6) is 0.838. The molecule has 0 fully saturated rings. The number of aryl methyl sites for hydroxylation is 1. The van der Waals surface area contributed by atoms with Crippen LogP contribution in [0, 0.1) is 12.8 Å². The molecule has 0 amide bonds. The Morgan fingerprint density at radius 3 is 2.60 bits per heavy atom. The Morgan fingerprint density at radius 1 is 1.40 bits per heavy atom. The Labute approximate surface area is 100 Å². The normalized spacial score (nSPS) is 10.7. The number of halogens is 1. The summed E-state index contributed by atoms with van der Waals surface area (Å²) in [4.78, 5) is 11.8. The minimum atomic E-state index is 0.249. The summed E-state index contributed by atoms with van der Waals surface area (Å²) in [5.41, 5.74) is 1.95. The lowest BCUT2D eigenvalue weighted by atomic mass is 10.0. The highest BCUT2D eigenvalue weighted by Gasteiger charge is 2.07. The molecule has 82 valence electrons. The zero-order valence-electron chi connectivity index (χ0n) is 9.51. The van der Waals surface area contributed by atoms with Crippen LogP contribution in [-0.2, 0) is 0 Å². The van der Waals surface area contributed by atoms with Crippen molar-refractivity contribution in [1.82, 2.24) is 0 Å². The maximum Gasteiger partial charge on any atom is 0.162 e. The van der Waals surface area contributed by atoms with Crippen molar-refractivity contribution in [3.05, 3.63) is 33.8 Å². The van der Waals surface area contributed by atoms with Crippen molar-refractivity contribution in [3.8, 4) is 0 Å². The molecular weight excluding hydrogens is 252 g/mol. The maximum atomic E-state index is 11.8. The van der Waals surface area contributed by atoms with Crippen molar-refractivity contribution in [2.24, 2.45) is 5.92 Å². The SMILES string of the molecule is Cc1cc(C(=O)CCC(C)C)ccc1Br. The van der Waals surface area contributed by atoms with Crippen LogP contribution >= 0.6 is 15.9 Å². The minimum Gasteiger partial charge on any atom is -0.294 e. The Hall–Kier alpha value is -0.630. The summed E-state index contributed by atoms with van der Waals surface area (Å²) in [7, 11) is 0. The van der Waals surface area contributed by atoms with Gasteiger partial charge in [-0.25, -0.2) is 0 Å². The third-order valence-electron chi connectivity index (χ3n) is 2.43. The monoisotopic (exact) mass is 268 g/mol. The van der Waals surface area contributed by atoms with E-state index in [9.17, 15) is 4.79 Å². The fourth-order valence-electron chi connectivity index (χ4n) is 1.38. The van der Waals surface area contributed by atoms with Crippen LogP contribution in [-0.4, -0.2) is 5.78 Å². The molecular formula is C13H17BrO. The highest BCUT2D eigenvalue weighted by molar-refractivity contribution is 9.10. The van der Waals surface area contributed by atoms with Crippen LogP contribution in [0.1, 0.15) is 42.6 Å². The van der Waals surface area contributed by atoms with Gasteiger partial charge in [0.05, 0.1) is 0 Å². The summed E-state index contributed by atoms with van der Waals surface area (Å²) >= 11 is 3.43. The second kappa shape index (κ2) is 5.45. The average Bonchev–Trinajstić information content (AvgIpc) is 2.18. The average molecular weight is 269 g/mol. The molecule has 0 aromatic heterocycles. The van der Waals surface area contributed by atoms with Crippen molar-refractivity contribution < 1.29 is 4.79 Å². The van der Waals surface area contributed by atoms with Gasteiger partial charge in [0.1, 0.15) is 0 Å². The van der Waals surface area contributed by atoms with Gasteiger partial charge in [-0.05, 0) is 37.0 Å². The van der Waals surface area contributed by atoms with E-state index in [1.807, 2.05) is 25.1 Å². The molecule has 0 unspecified atom stereocenters. The van der Waals surface area contributed by atoms with E-state index in [-0.39, 0.29) is 5.78 Å². The van der Waals surface area contributed by atoms with Gasteiger partial charge in [-0.3, -0.25) is 4.79 Å². The molecule has 0 aliphatic heterocycles. The second-order valence-corrected chi connectivity index (χ2v) is 5.17. The molecule has 0 saturated carbocycles. The molecule has 0 saturated heterocycles. The van der Waals surface area contributed by atoms with E-state index in [1.54, 1.807) is 0 Å². The molecule has 0 heterocycles. The zero-order valence-corrected chi connectivity index (χ0v) is 11.1. The molecule has 1 rings (SSSR count). The van der Waals surface area contributed by atoms with Gasteiger partial charge < -0.3 is 0 Å². The molecule has 0 bridgehead atoms. The summed E-state index contributed by atoms with van der Waals surface area (Å²) in [6.45, 7) is 6.28. The molecule has 0 atom stereocenters. The van der Waals surface area contributed by atoms with Crippen molar-refractivity contribution >= 4 is 21.7 Å². The van der Waals surface area contributed by atoms with Gasteiger partial charge in [0.2, 0.25) is 0 Å². The Balaban J connectivity index is 2.70. The number of rotatable bonds is 4. The van der Waals surface area contributed by atoms with Crippen molar-refractivity contribution in [2.45, 2.75) is 33.6 Å². The van der Waals surface area contributed by atoms with Crippen LogP contribution in [0.2, 0.25) is 0 Å². The van der Waals surface area contributed by atoms with Gasteiger partial charge in [0.15, 0.2) is 5.78 Å². The first kappa shape index (κ1) is 12.4. The van der Waals surface area contributed by atoms with Crippen molar-refractivity contribution in [3.63, 3.8) is 0 Å². The largest absolute Gasteiger partial charge is 0.294 e. The minimum absolute atomic E-state index is 0.249. The number of benzene rings is 1. The fourth-order valence-corrected chi connectivity index (χ4v) is 1.63. The van der Waals surface area contributed by atoms with Crippen molar-refractivity contribution in [2.75, 3.05) is 0 Å². The van der Waals surface area contributed by atoms with Crippen LogP contribution in [0.3, 0.4) is 0 Å². The Bertz CT molecular complexity index is 356. The lowest BCUT2D eigenvalue weighted by Crippen LogP contribution is -2.01. The topological polar surface area (TPSA) is 17.1 Å². The van der Waals surface area contributed by atoms with E-state index in [1.165, 1.54) is 0 Å². The Kier molecular flexibility index (Phi) is 4.52. The van der Waals surface area contributed by atoms with Gasteiger partial charge in [-0.15, -0.1) is 0 Å². The molecule has 2 heteroatoms. The first-order valence-electron chi connectivity index (χ1n) is 5.30. The zero-order chi connectivity index (χ0) is 11.4. The van der Waals surface area contributed by atoms with E-state index in [0.717, 1.165) is 22.0 Å². The predicted octanol–water partition coefficient (Wildman–Crippen LogP) is 4.38. The van der Waals surface area contributed by atoms with Gasteiger partial charge in [-0.1, -0.05) is 35.8 Å². The highest BCUT2D eigenvalue weighted by atomic mass is 79.9. The van der Waals surface area contributed by atoms with E-state index in [2.05, 4.69) is 29.8 Å². The maximum absolute atomic E-state index is 11.8. The molecule has 1 aromatic rings. The number of hydrogen-bond acceptors (Lipinski definition) is 1. The van der Waals surface area contributed by atoms with Crippen LogP contribution in [0.15, 0.2) is 22.7 Å². The van der Waals surface area contributed by atoms with Crippen molar-refractivity contribution in [1.29, 1.82) is 0 Å². The summed E-state index contributed by atoms with van der Waals surface area (Å²) in [5, 5.41) is 0. The highest BCUT2D eigenvalue weighted by Crippen LogP contribution is 2.18. The van der Waals surface area contributed by atoms with Gasteiger partial charge in [-0.2, -0.15) is 0 Å². The summed E-state index contributed by atoms with van der Waals surface area (Å²) < 4.78 is 1.06. The quantitative estimate of drug-likeness (QED) is 0.741. The Morgan fingerprint density at radius 2 is 2.07 bits per heavy atom. The van der Waals surface area contributed by atoms with Crippen LogP contribution in [0.25, 0.3) is 0 Å². The number of carbonyl (C=O) groups excluding carboxylic acids is 1. The second-order valence-electron chi connectivity index (χ2n) is 4.32. The van der Waals surface area contributed by atoms with Gasteiger partial charge in [0, 0.05) is 16.5 Å². The smallest absolute Gasteiger partial charge is 0.162 e. The molecule has 0 aliphatic carbocycles. The third-order valence-corrected chi connectivity index (χ3v) is 3.32. The molecule has 0 aliphatic rings. The lowest BCUT2D eigenvalue weighted by Gasteiger charge is -2.05. The van der Waals surface area contributed by atoms with E-state index >= 15 is 0 Å². The molecule has 0 spiro atoms. The predicted molar refractivity (Wildman–Crippen MR) is 67.3 cm³/mol. The first-order valence-corrected chi connectivity index (χ1v) is 6.09. The standard InChI is InChI=1S/C13H17BrO/c1-9(2)4-7-13(15)11-5-6-12(14)10(3)8-11/h5-6,8-9H,4,7H2,1-3H3. The number of ketones is 1. The van der Waals surface area contributed by atoms with Crippen LogP contribution < -0.4 is 0 Å². The number of Topliss-reactive ketones (excluding diaryl/α,β-unsaturated/α-hetero) is 1. The molecule has 1 nitrogen and oxygen atoms in total. The third kappa shape index (κ3) is 3.78. The first-order chi connectivity index (χ1) is 7.00. The molecule has 0 radical (unpaired) electrons. The lowest BCUT2D eigenvalue weighted by molar-refractivity contribution is 0.0975. The van der Waals surface area contributed by atoms with Gasteiger partial charge >= 0.3 is 0 Å². The fraction of sp³-hybridized carbons (Fsp3) is 0.462. The van der Waals surface area contributed by atoms with E-state index in [4.69, 9.17) is 0 Å². The van der Waals surface area contributed by atoms with Crippen LogP contribution in [0.4, 0.5) is 0 Å². The molecule has 0 N–H and O–H groups in total. The van der Waals surface area contributed by atoms with E-state index in [0.29, 0.717) is 12.3 Å². The number of hydrogen-bond donors (Lipinski definition) is 0. The van der Waals surface area contributed by atoms with Crippen LogP contribution in [0.5, 0.6) is 0 Å². The number of carbonyl (C=O) groups is 1. The summed E-state index contributed by atoms with van der Waals surface area (Å²) in [6.07, 6.45) is 1.62. The molecule has 15 heavy (non-hydrogen) atoms. The van der Waals surface area contributed by atoms with E-state index < -0.39 is 0 Å².